The second-order valence-electron chi connectivity index (χ2n) is 5.06. The number of nitrogens with one attached hydrogen (secondary N) is 1. The first-order valence-corrected chi connectivity index (χ1v) is 6.07. The lowest BCUT2D eigenvalue weighted by Crippen LogP contribution is -2.52. The van der Waals surface area contributed by atoms with Gasteiger partial charge in [-0.2, -0.15) is 0 Å². The zero-order chi connectivity index (χ0) is 12.6. The number of hydrogen-bond acceptors (Lipinski definition) is 3. The molecule has 96 valence electrons. The van der Waals surface area contributed by atoms with E-state index in [0.29, 0.717) is 12.8 Å². The quantitative estimate of drug-likeness (QED) is 0.712. The smallest absolute Gasteiger partial charge is 0.238 e. The van der Waals surface area contributed by atoms with Gasteiger partial charge in [0.25, 0.3) is 0 Å². The lowest BCUT2D eigenvalue weighted by molar-refractivity contribution is -0.148. The molecule has 0 atom stereocenters. The summed E-state index contributed by atoms with van der Waals surface area (Å²) in [6.07, 6.45) is 3.38. The molecule has 0 radical (unpaired) electrons. The van der Waals surface area contributed by atoms with Crippen molar-refractivity contribution in [3.8, 4) is 0 Å². The normalized spacial score (nSPS) is 29.1. The van der Waals surface area contributed by atoms with E-state index in [1.807, 2.05) is 0 Å². The van der Waals surface area contributed by atoms with Gasteiger partial charge >= 0.3 is 0 Å². The topological polar surface area (TPSA) is 58.6 Å². The van der Waals surface area contributed by atoms with Crippen LogP contribution >= 0.6 is 0 Å². The molecule has 5 nitrogen and oxygen atoms in total. The molecule has 0 saturated heterocycles. The van der Waals surface area contributed by atoms with Crippen LogP contribution in [-0.2, 0) is 14.3 Å². The van der Waals surface area contributed by atoms with Gasteiger partial charge in [0, 0.05) is 27.2 Å². The summed E-state index contributed by atoms with van der Waals surface area (Å²) in [6.45, 7) is 0. The van der Waals surface area contributed by atoms with Crippen LogP contribution in [0.25, 0.3) is 0 Å². The summed E-state index contributed by atoms with van der Waals surface area (Å²) in [5, 5.41) is 2.59. The van der Waals surface area contributed by atoms with E-state index in [1.165, 1.54) is 0 Å². The Kier molecular flexibility index (Phi) is 3.12. The largest absolute Gasteiger partial charge is 0.381 e. The molecule has 2 aliphatic carbocycles. The fourth-order valence-corrected chi connectivity index (χ4v) is 2.45. The zero-order valence-corrected chi connectivity index (χ0v) is 10.7. The Morgan fingerprint density at radius 3 is 2.35 bits per heavy atom. The van der Waals surface area contributed by atoms with Crippen LogP contribution in [0.15, 0.2) is 0 Å². The zero-order valence-electron chi connectivity index (χ0n) is 10.7. The first kappa shape index (κ1) is 12.4. The van der Waals surface area contributed by atoms with E-state index in [0.717, 1.165) is 12.8 Å². The lowest BCUT2D eigenvalue weighted by Gasteiger charge is -2.41. The number of rotatable bonds is 4. The molecule has 0 bridgehead atoms. The predicted molar refractivity (Wildman–Crippen MR) is 62.3 cm³/mol. The molecule has 1 N–H and O–H groups in total. The Bertz CT molecular complexity index is 333. The molecule has 2 aliphatic rings. The Balaban J connectivity index is 1.94. The number of nitrogens with zero attached hydrogens (tertiary/aromatic N) is 1. The van der Waals surface area contributed by atoms with E-state index in [9.17, 15) is 9.59 Å². The predicted octanol–water partition coefficient (Wildman–Crippen LogP) is 0.148. The molecule has 0 spiro atoms. The van der Waals surface area contributed by atoms with Crippen LogP contribution in [0.3, 0.4) is 0 Å². The molecule has 0 aliphatic heterocycles. The van der Waals surface area contributed by atoms with Crippen molar-refractivity contribution in [3.05, 3.63) is 0 Å². The van der Waals surface area contributed by atoms with Crippen molar-refractivity contribution in [2.45, 2.75) is 37.8 Å². The van der Waals surface area contributed by atoms with Crippen LogP contribution in [0.1, 0.15) is 25.7 Å². The highest BCUT2D eigenvalue weighted by Gasteiger charge is 2.58. The van der Waals surface area contributed by atoms with Gasteiger partial charge in [0.05, 0.1) is 6.10 Å². The second kappa shape index (κ2) is 4.29. The van der Waals surface area contributed by atoms with E-state index in [-0.39, 0.29) is 24.0 Å². The number of hydrogen-bond donors (Lipinski definition) is 1. The van der Waals surface area contributed by atoms with Crippen molar-refractivity contribution in [1.82, 2.24) is 10.2 Å². The minimum absolute atomic E-state index is 0.0311. The molecule has 2 saturated carbocycles. The van der Waals surface area contributed by atoms with Crippen molar-refractivity contribution < 1.29 is 14.3 Å². The standard InChI is InChI=1S/C12H20N2O3/c1-13-10(15)12(4-5-12)11(16)14(2)8-6-9(7-8)17-3/h8-9H,4-7H2,1-3H3,(H,13,15). The average molecular weight is 240 g/mol. The summed E-state index contributed by atoms with van der Waals surface area (Å²) >= 11 is 0. The lowest BCUT2D eigenvalue weighted by atomic mass is 9.87. The van der Waals surface area contributed by atoms with Gasteiger partial charge in [0.2, 0.25) is 11.8 Å². The second-order valence-corrected chi connectivity index (χ2v) is 5.06. The van der Waals surface area contributed by atoms with Crippen LogP contribution in [0, 0.1) is 5.41 Å². The Morgan fingerprint density at radius 1 is 1.35 bits per heavy atom. The van der Waals surface area contributed by atoms with Crippen LogP contribution in [-0.4, -0.2) is 50.1 Å². The molecule has 2 rings (SSSR count). The van der Waals surface area contributed by atoms with Crippen LogP contribution < -0.4 is 5.32 Å². The molecule has 0 aromatic heterocycles. The van der Waals surface area contributed by atoms with Gasteiger partial charge in [0.15, 0.2) is 0 Å². The molecule has 0 unspecified atom stereocenters. The third kappa shape index (κ3) is 1.92. The number of amides is 2. The number of carbonyl (C=O) groups excluding carboxylic acids is 2. The minimum Gasteiger partial charge on any atom is -0.381 e. The molecule has 2 fully saturated rings. The van der Waals surface area contributed by atoms with Gasteiger partial charge in [-0.05, 0) is 25.7 Å². The molecule has 17 heavy (non-hydrogen) atoms. The minimum atomic E-state index is -0.762. The van der Waals surface area contributed by atoms with E-state index in [2.05, 4.69) is 5.32 Å². The van der Waals surface area contributed by atoms with Gasteiger partial charge < -0.3 is 15.0 Å². The van der Waals surface area contributed by atoms with Gasteiger partial charge in [-0.3, -0.25) is 9.59 Å². The molecule has 2 amide bonds. The van der Waals surface area contributed by atoms with Crippen molar-refractivity contribution in [2.75, 3.05) is 21.2 Å². The van der Waals surface area contributed by atoms with E-state index < -0.39 is 5.41 Å². The highest BCUT2D eigenvalue weighted by Crippen LogP contribution is 2.48. The Hall–Kier alpha value is -1.10. The molecular formula is C12H20N2O3. The highest BCUT2D eigenvalue weighted by molar-refractivity contribution is 6.07. The maximum absolute atomic E-state index is 12.3. The molecule has 0 aromatic carbocycles. The summed E-state index contributed by atoms with van der Waals surface area (Å²) < 4.78 is 5.20. The highest BCUT2D eigenvalue weighted by atomic mass is 16.5. The Labute approximate surface area is 101 Å². The van der Waals surface area contributed by atoms with Crippen LogP contribution in [0.2, 0.25) is 0 Å². The number of methoxy groups -OCH3 is 1. The van der Waals surface area contributed by atoms with Gasteiger partial charge in [-0.15, -0.1) is 0 Å². The van der Waals surface area contributed by atoms with Gasteiger partial charge in [0.1, 0.15) is 5.41 Å². The van der Waals surface area contributed by atoms with Gasteiger partial charge in [-0.25, -0.2) is 0 Å². The summed E-state index contributed by atoms with van der Waals surface area (Å²) in [5.41, 5.74) is -0.762. The first-order chi connectivity index (χ1) is 8.05. The third-order valence-electron chi connectivity index (χ3n) is 4.09. The molecule has 0 heterocycles. The summed E-state index contributed by atoms with van der Waals surface area (Å²) in [5.74, 6) is -0.173. The first-order valence-electron chi connectivity index (χ1n) is 6.07. The van der Waals surface area contributed by atoms with Crippen molar-refractivity contribution in [3.63, 3.8) is 0 Å². The summed E-state index contributed by atoms with van der Waals surface area (Å²) in [7, 11) is 5.07. The third-order valence-corrected chi connectivity index (χ3v) is 4.09. The maximum Gasteiger partial charge on any atom is 0.238 e. The van der Waals surface area contributed by atoms with Crippen molar-refractivity contribution >= 4 is 11.8 Å². The van der Waals surface area contributed by atoms with Crippen molar-refractivity contribution in [1.29, 1.82) is 0 Å². The summed E-state index contributed by atoms with van der Waals surface area (Å²) in [4.78, 5) is 25.7. The van der Waals surface area contributed by atoms with Crippen LogP contribution in [0.4, 0.5) is 0 Å². The fourth-order valence-electron chi connectivity index (χ4n) is 2.45. The monoisotopic (exact) mass is 240 g/mol. The van der Waals surface area contributed by atoms with Gasteiger partial charge in [-0.1, -0.05) is 0 Å². The number of carbonyl (C=O) groups is 2. The van der Waals surface area contributed by atoms with Crippen molar-refractivity contribution in [2.24, 2.45) is 5.41 Å². The molecule has 0 aromatic rings. The maximum atomic E-state index is 12.3. The average Bonchev–Trinajstić information content (AvgIpc) is 3.06. The Morgan fingerprint density at radius 2 is 1.94 bits per heavy atom. The van der Waals surface area contributed by atoms with E-state index in [4.69, 9.17) is 4.74 Å². The van der Waals surface area contributed by atoms with E-state index >= 15 is 0 Å². The SMILES string of the molecule is CNC(=O)C1(C(=O)N(C)C2CC(OC)C2)CC1. The summed E-state index contributed by atoms with van der Waals surface area (Å²) in [6, 6.07) is 0.231. The molecular weight excluding hydrogens is 220 g/mol. The molecule has 5 heteroatoms. The fraction of sp³-hybridized carbons (Fsp3) is 0.833. The van der Waals surface area contributed by atoms with E-state index in [1.54, 1.807) is 26.1 Å². The number of ether oxygens (including phenoxy) is 1. The van der Waals surface area contributed by atoms with Crippen LogP contribution in [0.5, 0.6) is 0 Å².